The highest BCUT2D eigenvalue weighted by molar-refractivity contribution is 7.99. The van der Waals surface area contributed by atoms with Gasteiger partial charge in [-0.2, -0.15) is 0 Å². The van der Waals surface area contributed by atoms with E-state index in [0.29, 0.717) is 0 Å². The van der Waals surface area contributed by atoms with Crippen LogP contribution < -0.4 is 9.80 Å². The van der Waals surface area contributed by atoms with Crippen molar-refractivity contribution < 1.29 is 0 Å². The first kappa shape index (κ1) is 15.0. The SMILES string of the molecule is CCSc1cncc(N2CCCN(c3ncccn3)CC2)n1. The first-order chi connectivity index (χ1) is 10.9. The van der Waals surface area contributed by atoms with Gasteiger partial charge in [-0.15, -0.1) is 11.8 Å². The van der Waals surface area contributed by atoms with Crippen molar-refractivity contribution in [3.8, 4) is 0 Å². The molecule has 3 heterocycles. The summed E-state index contributed by atoms with van der Waals surface area (Å²) in [7, 11) is 0. The maximum atomic E-state index is 4.70. The Balaban J connectivity index is 1.69. The fraction of sp³-hybridized carbons (Fsp3) is 0.467. The Kier molecular flexibility index (Phi) is 5.05. The quantitative estimate of drug-likeness (QED) is 0.801. The molecule has 7 heteroatoms. The maximum Gasteiger partial charge on any atom is 0.225 e. The molecule has 0 radical (unpaired) electrons. The molecule has 22 heavy (non-hydrogen) atoms. The molecular weight excluding hydrogens is 296 g/mol. The topological polar surface area (TPSA) is 58.0 Å². The summed E-state index contributed by atoms with van der Waals surface area (Å²) >= 11 is 1.73. The van der Waals surface area contributed by atoms with E-state index in [9.17, 15) is 0 Å². The van der Waals surface area contributed by atoms with E-state index in [1.807, 2.05) is 18.5 Å². The molecule has 0 unspecified atom stereocenters. The summed E-state index contributed by atoms with van der Waals surface area (Å²) in [5, 5.41) is 0.993. The molecule has 0 bridgehead atoms. The van der Waals surface area contributed by atoms with Gasteiger partial charge in [0.1, 0.15) is 10.8 Å². The second kappa shape index (κ2) is 7.40. The zero-order valence-electron chi connectivity index (χ0n) is 12.7. The molecular formula is C15H20N6S. The summed E-state index contributed by atoms with van der Waals surface area (Å²) in [5.41, 5.74) is 0. The number of hydrogen-bond donors (Lipinski definition) is 0. The molecule has 116 valence electrons. The normalized spacial score (nSPS) is 15.7. The standard InChI is InChI=1S/C15H20N6S/c1-2-22-14-12-16-11-13(19-14)20-7-4-8-21(10-9-20)15-17-5-3-6-18-15/h3,5-6,11-12H,2,4,7-10H2,1H3. The third-order valence-electron chi connectivity index (χ3n) is 3.55. The lowest BCUT2D eigenvalue weighted by Crippen LogP contribution is -2.32. The average molecular weight is 316 g/mol. The van der Waals surface area contributed by atoms with Crippen molar-refractivity contribution in [3.63, 3.8) is 0 Å². The Morgan fingerprint density at radius 2 is 1.82 bits per heavy atom. The Morgan fingerprint density at radius 1 is 1.05 bits per heavy atom. The van der Waals surface area contributed by atoms with Crippen LogP contribution in [-0.4, -0.2) is 51.9 Å². The predicted molar refractivity (Wildman–Crippen MR) is 89.5 cm³/mol. The van der Waals surface area contributed by atoms with Crippen LogP contribution in [0.15, 0.2) is 35.9 Å². The van der Waals surface area contributed by atoms with Gasteiger partial charge >= 0.3 is 0 Å². The van der Waals surface area contributed by atoms with E-state index >= 15 is 0 Å². The number of rotatable bonds is 4. The molecule has 0 atom stereocenters. The summed E-state index contributed by atoms with van der Waals surface area (Å²) < 4.78 is 0. The van der Waals surface area contributed by atoms with E-state index in [1.54, 1.807) is 24.2 Å². The first-order valence-electron chi connectivity index (χ1n) is 7.58. The van der Waals surface area contributed by atoms with Gasteiger partial charge in [0.2, 0.25) is 5.95 Å². The lowest BCUT2D eigenvalue weighted by atomic mass is 10.4. The van der Waals surface area contributed by atoms with E-state index in [0.717, 1.165) is 55.1 Å². The average Bonchev–Trinajstić information content (AvgIpc) is 2.82. The highest BCUT2D eigenvalue weighted by Crippen LogP contribution is 2.19. The van der Waals surface area contributed by atoms with Crippen LogP contribution in [-0.2, 0) is 0 Å². The first-order valence-corrected chi connectivity index (χ1v) is 8.57. The van der Waals surface area contributed by atoms with E-state index < -0.39 is 0 Å². The molecule has 0 aliphatic carbocycles. The van der Waals surface area contributed by atoms with Gasteiger partial charge in [-0.3, -0.25) is 4.98 Å². The van der Waals surface area contributed by atoms with Crippen molar-refractivity contribution in [1.29, 1.82) is 0 Å². The van der Waals surface area contributed by atoms with Crippen molar-refractivity contribution in [2.75, 3.05) is 41.7 Å². The van der Waals surface area contributed by atoms with Gasteiger partial charge in [-0.1, -0.05) is 6.92 Å². The third kappa shape index (κ3) is 3.65. The molecule has 2 aromatic rings. The molecule has 1 aliphatic rings. The molecule has 0 aromatic carbocycles. The molecule has 0 amide bonds. The van der Waals surface area contributed by atoms with Crippen LogP contribution in [0.5, 0.6) is 0 Å². The largest absolute Gasteiger partial charge is 0.353 e. The van der Waals surface area contributed by atoms with E-state index in [4.69, 9.17) is 4.98 Å². The molecule has 0 N–H and O–H groups in total. The Morgan fingerprint density at radius 3 is 2.64 bits per heavy atom. The Hall–Kier alpha value is -1.89. The summed E-state index contributed by atoms with van der Waals surface area (Å²) in [4.78, 5) is 22.3. The minimum Gasteiger partial charge on any atom is -0.353 e. The molecule has 0 saturated carbocycles. The summed E-state index contributed by atoms with van der Waals surface area (Å²) in [6, 6.07) is 1.85. The van der Waals surface area contributed by atoms with Gasteiger partial charge in [0, 0.05) is 38.6 Å². The minimum atomic E-state index is 0.811. The third-order valence-corrected chi connectivity index (χ3v) is 4.33. The molecule has 2 aromatic heterocycles. The van der Waals surface area contributed by atoms with Crippen LogP contribution in [0.3, 0.4) is 0 Å². The van der Waals surface area contributed by atoms with Crippen LogP contribution in [0.1, 0.15) is 13.3 Å². The summed E-state index contributed by atoms with van der Waals surface area (Å²) in [6.07, 6.45) is 8.34. The van der Waals surface area contributed by atoms with Gasteiger partial charge in [-0.25, -0.2) is 15.0 Å². The molecule has 3 rings (SSSR count). The van der Waals surface area contributed by atoms with Gasteiger partial charge in [-0.05, 0) is 18.2 Å². The minimum absolute atomic E-state index is 0.811. The van der Waals surface area contributed by atoms with Gasteiger partial charge in [0.25, 0.3) is 0 Å². The fourth-order valence-corrected chi connectivity index (χ4v) is 3.10. The zero-order valence-corrected chi connectivity index (χ0v) is 13.5. The molecule has 0 spiro atoms. The Labute approximate surface area is 135 Å². The van der Waals surface area contributed by atoms with Gasteiger partial charge < -0.3 is 9.80 Å². The summed E-state index contributed by atoms with van der Waals surface area (Å²) in [6.45, 7) is 5.89. The lowest BCUT2D eigenvalue weighted by molar-refractivity contribution is 0.780. The Bertz CT molecular complexity index is 594. The number of nitrogens with zero attached hydrogens (tertiary/aromatic N) is 6. The van der Waals surface area contributed by atoms with Crippen LogP contribution in [0.4, 0.5) is 11.8 Å². The van der Waals surface area contributed by atoms with Crippen molar-refractivity contribution in [2.45, 2.75) is 18.4 Å². The second-order valence-corrected chi connectivity index (χ2v) is 6.31. The summed E-state index contributed by atoms with van der Waals surface area (Å²) in [5.74, 6) is 2.79. The number of thioether (sulfide) groups is 1. The molecule has 6 nitrogen and oxygen atoms in total. The highest BCUT2D eigenvalue weighted by atomic mass is 32.2. The van der Waals surface area contributed by atoms with Crippen LogP contribution in [0.2, 0.25) is 0 Å². The van der Waals surface area contributed by atoms with Crippen molar-refractivity contribution >= 4 is 23.5 Å². The smallest absolute Gasteiger partial charge is 0.225 e. The van der Waals surface area contributed by atoms with Crippen molar-refractivity contribution in [1.82, 2.24) is 19.9 Å². The predicted octanol–water partition coefficient (Wildman–Crippen LogP) is 2.10. The number of anilines is 2. The lowest BCUT2D eigenvalue weighted by Gasteiger charge is -2.22. The van der Waals surface area contributed by atoms with Crippen molar-refractivity contribution in [3.05, 3.63) is 30.9 Å². The molecule has 1 saturated heterocycles. The van der Waals surface area contributed by atoms with Crippen molar-refractivity contribution in [2.24, 2.45) is 0 Å². The zero-order chi connectivity index (χ0) is 15.2. The molecule has 1 aliphatic heterocycles. The highest BCUT2D eigenvalue weighted by Gasteiger charge is 2.18. The van der Waals surface area contributed by atoms with E-state index in [2.05, 4.69) is 31.7 Å². The second-order valence-electron chi connectivity index (χ2n) is 5.02. The number of hydrogen-bond acceptors (Lipinski definition) is 7. The van der Waals surface area contributed by atoms with Crippen LogP contribution in [0.25, 0.3) is 0 Å². The van der Waals surface area contributed by atoms with Crippen LogP contribution in [0, 0.1) is 0 Å². The van der Waals surface area contributed by atoms with Crippen LogP contribution >= 0.6 is 11.8 Å². The van der Waals surface area contributed by atoms with E-state index in [-0.39, 0.29) is 0 Å². The van der Waals surface area contributed by atoms with E-state index in [1.165, 1.54) is 0 Å². The van der Waals surface area contributed by atoms with Gasteiger partial charge in [0.15, 0.2) is 0 Å². The maximum absolute atomic E-state index is 4.70. The fourth-order valence-electron chi connectivity index (χ4n) is 2.51. The monoisotopic (exact) mass is 316 g/mol. The van der Waals surface area contributed by atoms with Gasteiger partial charge in [0.05, 0.1) is 12.4 Å². The molecule has 1 fully saturated rings. The number of aromatic nitrogens is 4.